The number of aryl methyl sites for hydroxylation is 1. The topological polar surface area (TPSA) is 102 Å². The number of aromatic nitrogens is 1. The number of methoxy groups -OCH3 is 1. The van der Waals surface area contributed by atoms with Crippen molar-refractivity contribution >= 4 is 17.6 Å². The molecule has 0 saturated heterocycles. The summed E-state index contributed by atoms with van der Waals surface area (Å²) in [5, 5.41) is 9.29. The van der Waals surface area contributed by atoms with Crippen molar-refractivity contribution in [3.8, 4) is 17.2 Å². The summed E-state index contributed by atoms with van der Waals surface area (Å²) in [5.41, 5.74) is 4.07. The highest BCUT2D eigenvalue weighted by Gasteiger charge is 2.28. The van der Waals surface area contributed by atoms with Crippen molar-refractivity contribution in [3.63, 3.8) is 0 Å². The van der Waals surface area contributed by atoms with E-state index in [1.807, 2.05) is 61.5 Å². The third-order valence-corrected chi connectivity index (χ3v) is 5.66. The Bertz CT molecular complexity index is 1220. The van der Waals surface area contributed by atoms with Crippen LogP contribution in [0.25, 0.3) is 17.0 Å². The van der Waals surface area contributed by atoms with Gasteiger partial charge in [0.25, 0.3) is 0 Å². The molecule has 0 atom stereocenters. The fourth-order valence-electron chi connectivity index (χ4n) is 3.99. The highest BCUT2D eigenvalue weighted by Crippen LogP contribution is 2.31. The normalized spacial score (nSPS) is 13.3. The Morgan fingerprint density at radius 1 is 1.09 bits per heavy atom. The molecule has 34 heavy (non-hydrogen) atoms. The van der Waals surface area contributed by atoms with Gasteiger partial charge in [-0.1, -0.05) is 30.3 Å². The Kier molecular flexibility index (Phi) is 6.96. The first-order chi connectivity index (χ1) is 16.4. The zero-order chi connectivity index (χ0) is 24.1. The van der Waals surface area contributed by atoms with Crippen molar-refractivity contribution in [2.24, 2.45) is 0 Å². The maximum Gasteiger partial charge on any atom is 0.410 e. The average molecular weight is 463 g/mol. The van der Waals surface area contributed by atoms with Gasteiger partial charge >= 0.3 is 12.1 Å². The second-order valence-corrected chi connectivity index (χ2v) is 7.99. The van der Waals surface area contributed by atoms with Gasteiger partial charge < -0.3 is 19.0 Å². The van der Waals surface area contributed by atoms with E-state index >= 15 is 0 Å². The average Bonchev–Trinajstić information content (AvgIpc) is 3.42. The second-order valence-electron chi connectivity index (χ2n) is 7.99. The summed E-state index contributed by atoms with van der Waals surface area (Å²) in [6.45, 7) is 2.81. The molecular weight excluding hydrogens is 436 g/mol. The van der Waals surface area contributed by atoms with Crippen molar-refractivity contribution in [1.82, 2.24) is 9.88 Å². The van der Waals surface area contributed by atoms with Crippen molar-refractivity contribution in [2.45, 2.75) is 19.8 Å². The van der Waals surface area contributed by atoms with Gasteiger partial charge in [0.2, 0.25) is 5.89 Å². The van der Waals surface area contributed by atoms with Crippen LogP contribution < -0.4 is 4.74 Å². The van der Waals surface area contributed by atoms with E-state index in [2.05, 4.69) is 4.98 Å². The van der Waals surface area contributed by atoms with Gasteiger partial charge in [0.15, 0.2) is 0 Å². The van der Waals surface area contributed by atoms with Crippen molar-refractivity contribution in [3.05, 3.63) is 77.2 Å². The van der Waals surface area contributed by atoms with E-state index in [9.17, 15) is 14.7 Å². The van der Waals surface area contributed by atoms with E-state index in [-0.39, 0.29) is 13.0 Å². The van der Waals surface area contributed by atoms with E-state index in [4.69, 9.17) is 13.9 Å². The van der Waals surface area contributed by atoms with E-state index < -0.39 is 12.1 Å². The van der Waals surface area contributed by atoms with E-state index in [0.717, 1.165) is 28.2 Å². The van der Waals surface area contributed by atoms with Crippen LogP contribution in [0.2, 0.25) is 0 Å². The molecule has 0 bridgehead atoms. The first-order valence-corrected chi connectivity index (χ1v) is 10.9. The van der Waals surface area contributed by atoms with Crippen molar-refractivity contribution in [2.75, 3.05) is 26.8 Å². The molecule has 1 aliphatic rings. The molecule has 2 aromatic carbocycles. The lowest BCUT2D eigenvalue weighted by Gasteiger charge is -2.14. The number of hydrogen-bond acceptors (Lipinski definition) is 6. The number of carboxylic acids is 1. The quantitative estimate of drug-likeness (QED) is 0.523. The zero-order valence-electron chi connectivity index (χ0n) is 19.1. The molecule has 1 amide bonds. The summed E-state index contributed by atoms with van der Waals surface area (Å²) in [7, 11) is 1.31. The van der Waals surface area contributed by atoms with E-state index in [1.54, 1.807) is 0 Å². The van der Waals surface area contributed by atoms with Crippen LogP contribution in [-0.2, 0) is 16.0 Å². The summed E-state index contributed by atoms with van der Waals surface area (Å²) < 4.78 is 16.6. The number of hydrogen-bond donors (Lipinski definition) is 1. The van der Waals surface area contributed by atoms with Crippen molar-refractivity contribution < 1.29 is 28.6 Å². The fourth-order valence-corrected chi connectivity index (χ4v) is 3.99. The lowest BCUT2D eigenvalue weighted by Crippen LogP contribution is -2.29. The Morgan fingerprint density at radius 2 is 1.85 bits per heavy atom. The third-order valence-electron chi connectivity index (χ3n) is 5.66. The number of carboxylic acid groups (broad SMARTS) is 1. The largest absolute Gasteiger partial charge is 0.493 e. The van der Waals surface area contributed by atoms with Crippen LogP contribution in [0.15, 0.2) is 64.6 Å². The number of benzene rings is 2. The van der Waals surface area contributed by atoms with Gasteiger partial charge in [-0.2, -0.15) is 0 Å². The molecule has 8 nitrogen and oxygen atoms in total. The minimum absolute atomic E-state index is 0.136. The Balaban J connectivity index is 1.44. The van der Waals surface area contributed by atoms with Crippen LogP contribution in [0.3, 0.4) is 0 Å². The van der Waals surface area contributed by atoms with Crippen LogP contribution >= 0.6 is 0 Å². The second kappa shape index (κ2) is 10.2. The standard InChI is InChI=1S/C26H26N2O6/c1-17-23(27-25(34-17)18-7-4-3-5-8-18)11-12-33-21-10-6-9-19(13-21)22-16-28(26(31)32-2)15-20(22)14-24(29)30/h3-10,13H,11-12,14-16H2,1-2H3,(H,29,30). The number of amides is 1. The van der Waals surface area contributed by atoms with Gasteiger partial charge in [-0.15, -0.1) is 0 Å². The monoisotopic (exact) mass is 462 g/mol. The molecule has 1 N–H and O–H groups in total. The number of oxazole rings is 1. The lowest BCUT2D eigenvalue weighted by atomic mass is 10.0. The summed E-state index contributed by atoms with van der Waals surface area (Å²) in [4.78, 5) is 29.4. The molecule has 0 unspecified atom stereocenters. The van der Waals surface area contributed by atoms with E-state index in [1.165, 1.54) is 12.0 Å². The smallest absolute Gasteiger partial charge is 0.410 e. The zero-order valence-corrected chi connectivity index (χ0v) is 19.1. The third kappa shape index (κ3) is 5.28. The summed E-state index contributed by atoms with van der Waals surface area (Å²) in [6.07, 6.45) is -0.0402. The van der Waals surface area contributed by atoms with Crippen LogP contribution in [0.1, 0.15) is 23.4 Å². The van der Waals surface area contributed by atoms with Gasteiger partial charge in [0, 0.05) is 25.1 Å². The van der Waals surface area contributed by atoms with Crippen LogP contribution in [0.5, 0.6) is 5.75 Å². The van der Waals surface area contributed by atoms with Gasteiger partial charge in [0.1, 0.15) is 11.5 Å². The molecule has 2 heterocycles. The van der Waals surface area contributed by atoms with Crippen LogP contribution in [0.4, 0.5) is 4.79 Å². The number of carbonyl (C=O) groups excluding carboxylic acids is 1. The SMILES string of the molecule is COC(=O)N1CC(CC(=O)O)=C(c2cccc(OCCc3nc(-c4ccccc4)oc3C)c2)C1. The van der Waals surface area contributed by atoms with Gasteiger partial charge in [0.05, 0.1) is 25.8 Å². The summed E-state index contributed by atoms with van der Waals surface area (Å²) in [6, 6.07) is 17.2. The Morgan fingerprint density at radius 3 is 2.59 bits per heavy atom. The number of carbonyl (C=O) groups is 2. The molecule has 3 aromatic rings. The first-order valence-electron chi connectivity index (χ1n) is 10.9. The predicted molar refractivity (Wildman–Crippen MR) is 125 cm³/mol. The molecule has 1 aromatic heterocycles. The molecular formula is C26H26N2O6. The van der Waals surface area contributed by atoms with Gasteiger partial charge in [-0.05, 0) is 47.9 Å². The first kappa shape index (κ1) is 23.1. The minimum Gasteiger partial charge on any atom is -0.493 e. The molecule has 0 radical (unpaired) electrons. The number of rotatable bonds is 8. The van der Waals surface area contributed by atoms with Crippen LogP contribution in [0, 0.1) is 6.92 Å². The number of nitrogens with zero attached hydrogens (tertiary/aromatic N) is 2. The van der Waals surface area contributed by atoms with Gasteiger partial charge in [-0.3, -0.25) is 9.69 Å². The molecule has 0 aliphatic carbocycles. The molecule has 176 valence electrons. The minimum atomic E-state index is -0.940. The maximum absolute atomic E-state index is 12.0. The highest BCUT2D eigenvalue weighted by molar-refractivity contribution is 5.83. The van der Waals surface area contributed by atoms with Gasteiger partial charge in [-0.25, -0.2) is 9.78 Å². The predicted octanol–water partition coefficient (Wildman–Crippen LogP) is 4.58. The molecule has 4 rings (SSSR count). The molecule has 0 fully saturated rings. The molecule has 0 spiro atoms. The van der Waals surface area contributed by atoms with Crippen LogP contribution in [-0.4, -0.2) is 53.9 Å². The lowest BCUT2D eigenvalue weighted by molar-refractivity contribution is -0.136. The summed E-state index contributed by atoms with van der Waals surface area (Å²) in [5.74, 6) is 1.06. The van der Waals surface area contributed by atoms with Crippen molar-refractivity contribution in [1.29, 1.82) is 0 Å². The van der Waals surface area contributed by atoms with E-state index in [0.29, 0.717) is 36.8 Å². The maximum atomic E-state index is 12.0. The molecule has 8 heteroatoms. The highest BCUT2D eigenvalue weighted by atomic mass is 16.5. The fraction of sp³-hybridized carbons (Fsp3) is 0.269. The number of ether oxygens (including phenoxy) is 2. The number of aliphatic carboxylic acids is 1. The molecule has 1 aliphatic heterocycles. The Hall–Kier alpha value is -4.07. The molecule has 0 saturated carbocycles. The Labute approximate surface area is 197 Å². The summed E-state index contributed by atoms with van der Waals surface area (Å²) >= 11 is 0.